The summed E-state index contributed by atoms with van der Waals surface area (Å²) in [5.74, 6) is 0.746. The Morgan fingerprint density at radius 3 is 2.86 bits per heavy atom. The summed E-state index contributed by atoms with van der Waals surface area (Å²) >= 11 is 0. The van der Waals surface area contributed by atoms with Crippen molar-refractivity contribution < 1.29 is 14.3 Å². The average Bonchev–Trinajstić information content (AvgIpc) is 2.76. The third-order valence-corrected chi connectivity index (χ3v) is 5.72. The molecular formula is C24H24N2O3. The molecule has 4 rings (SSSR count). The van der Waals surface area contributed by atoms with Crippen LogP contribution >= 0.6 is 0 Å². The van der Waals surface area contributed by atoms with Gasteiger partial charge in [0, 0.05) is 23.7 Å². The number of para-hydroxylation sites is 1. The Bertz CT molecular complexity index is 1060. The predicted molar refractivity (Wildman–Crippen MR) is 113 cm³/mol. The predicted octanol–water partition coefficient (Wildman–Crippen LogP) is 4.54. The number of carbonyl (C=O) groups is 2. The normalized spacial score (nSPS) is 18.2. The van der Waals surface area contributed by atoms with Crippen molar-refractivity contribution >= 4 is 23.1 Å². The third kappa shape index (κ3) is 3.73. The molecule has 5 heteroatoms. The molecule has 1 aromatic heterocycles. The number of rotatable bonds is 7. The van der Waals surface area contributed by atoms with Gasteiger partial charge >= 0.3 is 0 Å². The molecule has 0 spiro atoms. The van der Waals surface area contributed by atoms with E-state index in [0.29, 0.717) is 30.7 Å². The number of carbonyl (C=O) groups excluding carboxylic acids is 2. The van der Waals surface area contributed by atoms with Crippen LogP contribution in [0.15, 0.2) is 54.7 Å². The number of amides is 1. The number of hydrogen-bond acceptors (Lipinski definition) is 4. The molecule has 3 aromatic rings. The van der Waals surface area contributed by atoms with Crippen LogP contribution in [0.25, 0.3) is 22.0 Å². The van der Waals surface area contributed by atoms with Crippen LogP contribution in [-0.4, -0.2) is 29.3 Å². The number of ether oxygens (including phenoxy) is 1. The molecule has 2 heterocycles. The summed E-state index contributed by atoms with van der Waals surface area (Å²) < 4.78 is 6.44. The summed E-state index contributed by atoms with van der Waals surface area (Å²) in [6, 6.07) is 15.9. The van der Waals surface area contributed by atoms with Crippen molar-refractivity contribution in [2.75, 3.05) is 6.54 Å². The van der Waals surface area contributed by atoms with Gasteiger partial charge in [0.1, 0.15) is 11.4 Å². The first-order chi connectivity index (χ1) is 14.2. The zero-order valence-corrected chi connectivity index (χ0v) is 16.5. The molecule has 1 aliphatic heterocycles. The van der Waals surface area contributed by atoms with E-state index in [0.717, 1.165) is 41.3 Å². The molecule has 29 heavy (non-hydrogen) atoms. The number of benzene rings is 2. The van der Waals surface area contributed by atoms with E-state index in [4.69, 9.17) is 4.74 Å². The van der Waals surface area contributed by atoms with Gasteiger partial charge in [-0.05, 0) is 43.0 Å². The molecule has 0 saturated heterocycles. The number of aromatic nitrogens is 1. The average molecular weight is 388 g/mol. The Hall–Kier alpha value is -3.21. The van der Waals surface area contributed by atoms with Gasteiger partial charge in [0.25, 0.3) is 0 Å². The molecule has 0 saturated carbocycles. The molecule has 1 N–H and O–H groups in total. The first-order valence-electron chi connectivity index (χ1n) is 10.0. The van der Waals surface area contributed by atoms with Crippen LogP contribution < -0.4 is 10.1 Å². The first kappa shape index (κ1) is 19.1. The van der Waals surface area contributed by atoms with Gasteiger partial charge in [0.15, 0.2) is 5.78 Å². The van der Waals surface area contributed by atoms with E-state index in [1.165, 1.54) is 0 Å². The van der Waals surface area contributed by atoms with E-state index in [9.17, 15) is 9.59 Å². The van der Waals surface area contributed by atoms with Crippen LogP contribution in [0.1, 0.15) is 43.0 Å². The maximum Gasteiger partial charge on any atom is 0.207 e. The second kappa shape index (κ2) is 8.03. The minimum Gasteiger partial charge on any atom is -0.486 e. The third-order valence-electron chi connectivity index (χ3n) is 5.72. The van der Waals surface area contributed by atoms with Gasteiger partial charge in [-0.15, -0.1) is 0 Å². The molecule has 0 bridgehead atoms. The summed E-state index contributed by atoms with van der Waals surface area (Å²) in [7, 11) is 0. The molecule has 1 atom stereocenters. The highest BCUT2D eigenvalue weighted by atomic mass is 16.5. The number of ketones is 1. The zero-order chi connectivity index (χ0) is 20.3. The largest absolute Gasteiger partial charge is 0.486 e. The molecule has 0 aliphatic carbocycles. The summed E-state index contributed by atoms with van der Waals surface area (Å²) in [6.45, 7) is 2.63. The van der Waals surface area contributed by atoms with Crippen LogP contribution in [0.3, 0.4) is 0 Å². The highest BCUT2D eigenvalue weighted by molar-refractivity contribution is 6.02. The smallest absolute Gasteiger partial charge is 0.207 e. The Morgan fingerprint density at radius 1 is 1.17 bits per heavy atom. The Balaban J connectivity index is 1.69. The number of nitrogens with one attached hydrogen (secondary N) is 1. The fourth-order valence-electron chi connectivity index (χ4n) is 4.08. The zero-order valence-electron chi connectivity index (χ0n) is 16.5. The van der Waals surface area contributed by atoms with Crippen molar-refractivity contribution in [1.82, 2.24) is 10.3 Å². The maximum atomic E-state index is 12.8. The highest BCUT2D eigenvalue weighted by Crippen LogP contribution is 2.40. The van der Waals surface area contributed by atoms with Crippen LogP contribution in [0.4, 0.5) is 0 Å². The second-order valence-electron chi connectivity index (χ2n) is 7.51. The Morgan fingerprint density at radius 2 is 2.03 bits per heavy atom. The number of nitrogens with zero attached hydrogens (tertiary/aromatic N) is 1. The van der Waals surface area contributed by atoms with Gasteiger partial charge in [-0.1, -0.05) is 37.3 Å². The van der Waals surface area contributed by atoms with Crippen molar-refractivity contribution in [1.29, 1.82) is 0 Å². The van der Waals surface area contributed by atoms with Gasteiger partial charge < -0.3 is 10.1 Å². The second-order valence-corrected chi connectivity index (χ2v) is 7.51. The fraction of sp³-hybridized carbons (Fsp3) is 0.292. The van der Waals surface area contributed by atoms with Crippen molar-refractivity contribution in [3.63, 3.8) is 0 Å². The standard InChI is InChI=1S/C24H24N2O3/c1-2-24(11-5-12-25-16-27)15-21(28)20-10-9-18(14-22(20)29-24)19-8-3-6-17-7-4-13-26-23(17)19/h3-4,6-10,13-14,16H,2,5,11-12,15H2,1H3,(H,25,27). The van der Waals surface area contributed by atoms with Crippen LogP contribution in [0.5, 0.6) is 5.75 Å². The number of pyridine rings is 1. The van der Waals surface area contributed by atoms with E-state index in [2.05, 4.69) is 10.3 Å². The van der Waals surface area contributed by atoms with Gasteiger partial charge in [-0.2, -0.15) is 0 Å². The van der Waals surface area contributed by atoms with Crippen LogP contribution in [0, 0.1) is 0 Å². The molecule has 0 radical (unpaired) electrons. The fourth-order valence-corrected chi connectivity index (χ4v) is 4.08. The summed E-state index contributed by atoms with van der Waals surface area (Å²) in [5.41, 5.74) is 3.04. The van der Waals surface area contributed by atoms with Crippen LogP contribution in [0.2, 0.25) is 0 Å². The van der Waals surface area contributed by atoms with Gasteiger partial charge in [0.2, 0.25) is 6.41 Å². The van der Waals surface area contributed by atoms with Crippen molar-refractivity contribution in [2.24, 2.45) is 0 Å². The molecule has 1 amide bonds. The lowest BCUT2D eigenvalue weighted by Gasteiger charge is -2.37. The SMILES string of the molecule is CCC1(CCCNC=O)CC(=O)c2ccc(-c3cccc4cccnc34)cc2O1. The monoisotopic (exact) mass is 388 g/mol. The lowest BCUT2D eigenvalue weighted by atomic mass is 9.83. The Kier molecular flexibility index (Phi) is 5.30. The Labute approximate surface area is 170 Å². The molecule has 5 nitrogen and oxygen atoms in total. The van der Waals surface area contributed by atoms with E-state index in [1.54, 1.807) is 6.20 Å². The molecule has 1 aliphatic rings. The quantitative estimate of drug-likeness (QED) is 0.476. The molecule has 1 unspecified atom stereocenters. The van der Waals surface area contributed by atoms with Crippen molar-refractivity contribution in [3.05, 3.63) is 60.3 Å². The topological polar surface area (TPSA) is 68.3 Å². The lowest BCUT2D eigenvalue weighted by molar-refractivity contribution is -0.109. The summed E-state index contributed by atoms with van der Waals surface area (Å²) in [4.78, 5) is 27.9. The lowest BCUT2D eigenvalue weighted by Crippen LogP contribution is -2.42. The van der Waals surface area contributed by atoms with E-state index in [-0.39, 0.29) is 5.78 Å². The van der Waals surface area contributed by atoms with E-state index >= 15 is 0 Å². The first-order valence-corrected chi connectivity index (χ1v) is 10.0. The number of Topliss-reactive ketones (excluding diaryl/α,β-unsaturated/α-hetero) is 1. The number of hydrogen-bond donors (Lipinski definition) is 1. The molecule has 148 valence electrons. The maximum absolute atomic E-state index is 12.8. The number of fused-ring (bicyclic) bond motifs is 2. The van der Waals surface area contributed by atoms with E-state index in [1.807, 2.05) is 55.5 Å². The highest BCUT2D eigenvalue weighted by Gasteiger charge is 2.38. The summed E-state index contributed by atoms with van der Waals surface area (Å²) in [5, 5.41) is 3.75. The van der Waals surface area contributed by atoms with Crippen molar-refractivity contribution in [3.8, 4) is 16.9 Å². The minimum atomic E-state index is -0.524. The van der Waals surface area contributed by atoms with E-state index < -0.39 is 5.60 Å². The van der Waals surface area contributed by atoms with Gasteiger partial charge in [-0.3, -0.25) is 14.6 Å². The minimum absolute atomic E-state index is 0.110. The van der Waals surface area contributed by atoms with Crippen molar-refractivity contribution in [2.45, 2.75) is 38.2 Å². The molecule has 0 fully saturated rings. The molecule has 2 aromatic carbocycles. The van der Waals surface area contributed by atoms with Gasteiger partial charge in [-0.25, -0.2) is 0 Å². The van der Waals surface area contributed by atoms with Gasteiger partial charge in [0.05, 0.1) is 17.5 Å². The van der Waals surface area contributed by atoms with Crippen LogP contribution in [-0.2, 0) is 4.79 Å². The molecular weight excluding hydrogens is 364 g/mol. The summed E-state index contributed by atoms with van der Waals surface area (Å²) in [6.07, 6.45) is 5.08.